The van der Waals surface area contributed by atoms with E-state index in [9.17, 15) is 9.59 Å². The van der Waals surface area contributed by atoms with Gasteiger partial charge in [-0.2, -0.15) is 0 Å². The number of thioether (sulfide) groups is 1. The number of amides is 2. The van der Waals surface area contributed by atoms with Crippen molar-refractivity contribution in [2.45, 2.75) is 4.87 Å². The van der Waals surface area contributed by atoms with Gasteiger partial charge in [-0.15, -0.1) is 11.8 Å². The summed E-state index contributed by atoms with van der Waals surface area (Å²) in [6.07, 6.45) is 0. The summed E-state index contributed by atoms with van der Waals surface area (Å²) in [5.41, 5.74) is 2.06. The number of nitrogens with one attached hydrogen (secondary N) is 1. The number of benzene rings is 2. The van der Waals surface area contributed by atoms with Crippen LogP contribution in [0.5, 0.6) is 11.5 Å². The van der Waals surface area contributed by atoms with Crippen molar-refractivity contribution in [1.82, 2.24) is 0 Å². The minimum absolute atomic E-state index is 0.139. The van der Waals surface area contributed by atoms with E-state index in [1.807, 2.05) is 24.3 Å². The van der Waals surface area contributed by atoms with Gasteiger partial charge in [-0.3, -0.25) is 14.5 Å². The molecule has 2 aromatic carbocycles. The van der Waals surface area contributed by atoms with E-state index in [-0.39, 0.29) is 17.6 Å². The molecule has 0 aliphatic carbocycles. The largest absolute Gasteiger partial charge is 0.497 e. The molecular formula is C18H16N2O4S. The molecule has 1 N–H and O–H groups in total. The Kier molecular flexibility index (Phi) is 3.61. The summed E-state index contributed by atoms with van der Waals surface area (Å²) in [7, 11) is 3.09. The van der Waals surface area contributed by atoms with Gasteiger partial charge in [0, 0.05) is 17.3 Å². The van der Waals surface area contributed by atoms with E-state index in [1.54, 1.807) is 25.3 Å². The summed E-state index contributed by atoms with van der Waals surface area (Å²) in [4.78, 5) is 26.1. The Morgan fingerprint density at radius 2 is 1.92 bits per heavy atom. The first-order chi connectivity index (χ1) is 12.1. The van der Waals surface area contributed by atoms with Gasteiger partial charge in [-0.05, 0) is 18.2 Å². The van der Waals surface area contributed by atoms with Crippen LogP contribution in [0.3, 0.4) is 0 Å². The molecule has 0 radical (unpaired) electrons. The third kappa shape index (κ3) is 2.12. The topological polar surface area (TPSA) is 67.9 Å². The number of anilines is 2. The Hall–Kier alpha value is -2.67. The molecule has 1 unspecified atom stereocenters. The lowest BCUT2D eigenvalue weighted by atomic mass is 10.0. The molecule has 2 amide bonds. The first-order valence-corrected chi connectivity index (χ1v) is 8.70. The lowest BCUT2D eigenvalue weighted by molar-refractivity contribution is -0.122. The summed E-state index contributed by atoms with van der Waals surface area (Å²) < 4.78 is 10.7. The molecule has 1 spiro atoms. The van der Waals surface area contributed by atoms with Crippen LogP contribution in [0.25, 0.3) is 0 Å². The van der Waals surface area contributed by atoms with E-state index in [0.29, 0.717) is 17.2 Å². The van der Waals surface area contributed by atoms with E-state index < -0.39 is 4.87 Å². The van der Waals surface area contributed by atoms with E-state index >= 15 is 0 Å². The molecule has 0 bridgehead atoms. The number of carbonyl (C=O) groups excluding carboxylic acids is 2. The minimum Gasteiger partial charge on any atom is -0.497 e. The van der Waals surface area contributed by atoms with Crippen LogP contribution < -0.4 is 19.7 Å². The molecule has 2 aliphatic heterocycles. The number of nitrogens with zero attached hydrogens (tertiary/aromatic N) is 1. The maximum absolute atomic E-state index is 12.9. The first-order valence-electron chi connectivity index (χ1n) is 7.72. The third-order valence-corrected chi connectivity index (χ3v) is 5.84. The second kappa shape index (κ2) is 5.70. The second-order valence-electron chi connectivity index (χ2n) is 5.70. The molecule has 0 saturated carbocycles. The van der Waals surface area contributed by atoms with Crippen molar-refractivity contribution in [2.24, 2.45) is 0 Å². The summed E-state index contributed by atoms with van der Waals surface area (Å²) in [6.45, 7) is 0. The number of hydrogen-bond acceptors (Lipinski definition) is 5. The number of hydrogen-bond donors (Lipinski definition) is 1. The van der Waals surface area contributed by atoms with Crippen molar-refractivity contribution < 1.29 is 19.1 Å². The first kappa shape index (κ1) is 15.8. The predicted octanol–water partition coefficient (Wildman–Crippen LogP) is 2.59. The van der Waals surface area contributed by atoms with Gasteiger partial charge in [-0.1, -0.05) is 18.2 Å². The van der Waals surface area contributed by atoms with Crippen LogP contribution in [0.15, 0.2) is 42.5 Å². The molecule has 1 saturated heterocycles. The van der Waals surface area contributed by atoms with Gasteiger partial charge in [0.1, 0.15) is 11.5 Å². The SMILES string of the molecule is COc1ccc(N2C(=O)CSC23C(=O)Nc2ccccc23)c(OC)c1. The maximum atomic E-state index is 12.9. The Labute approximate surface area is 149 Å². The quantitative estimate of drug-likeness (QED) is 0.916. The van der Waals surface area contributed by atoms with Gasteiger partial charge in [-0.25, -0.2) is 0 Å². The van der Waals surface area contributed by atoms with Gasteiger partial charge in [0.2, 0.25) is 10.8 Å². The van der Waals surface area contributed by atoms with E-state index in [4.69, 9.17) is 9.47 Å². The van der Waals surface area contributed by atoms with E-state index in [1.165, 1.54) is 23.8 Å². The van der Waals surface area contributed by atoms with Gasteiger partial charge in [0.15, 0.2) is 0 Å². The standard InChI is InChI=1S/C18H16N2O4S/c1-23-11-7-8-14(15(9-11)24-2)20-16(21)10-25-18(20)12-5-3-4-6-13(12)19-17(18)22/h3-9H,10H2,1-2H3,(H,19,22). The summed E-state index contributed by atoms with van der Waals surface area (Å²) >= 11 is 1.32. The number of para-hydroxylation sites is 1. The lowest BCUT2D eigenvalue weighted by Gasteiger charge is -2.33. The molecule has 4 rings (SSSR count). The number of fused-ring (bicyclic) bond motifs is 2. The maximum Gasteiger partial charge on any atom is 0.266 e. The number of carbonyl (C=O) groups is 2. The average molecular weight is 356 g/mol. The Morgan fingerprint density at radius 3 is 2.68 bits per heavy atom. The third-order valence-electron chi connectivity index (χ3n) is 4.44. The Balaban J connectivity index is 1.92. The highest BCUT2D eigenvalue weighted by atomic mass is 32.2. The average Bonchev–Trinajstić information content (AvgIpc) is 3.13. The van der Waals surface area contributed by atoms with Gasteiger partial charge >= 0.3 is 0 Å². The molecule has 1 fully saturated rings. The minimum atomic E-state index is -1.12. The summed E-state index contributed by atoms with van der Waals surface area (Å²) in [6, 6.07) is 12.7. The number of ether oxygens (including phenoxy) is 2. The van der Waals surface area contributed by atoms with Crippen molar-refractivity contribution in [3.8, 4) is 11.5 Å². The highest BCUT2D eigenvalue weighted by molar-refractivity contribution is 8.02. The fraction of sp³-hybridized carbons (Fsp3) is 0.222. The molecule has 2 aromatic rings. The zero-order valence-electron chi connectivity index (χ0n) is 13.7. The van der Waals surface area contributed by atoms with Crippen molar-refractivity contribution in [3.05, 3.63) is 48.0 Å². The molecule has 2 aliphatic rings. The van der Waals surface area contributed by atoms with Crippen LogP contribution in [-0.2, 0) is 14.5 Å². The van der Waals surface area contributed by atoms with Crippen LogP contribution in [0, 0.1) is 0 Å². The zero-order chi connectivity index (χ0) is 17.6. The van der Waals surface area contributed by atoms with Crippen molar-refractivity contribution in [2.75, 3.05) is 30.2 Å². The van der Waals surface area contributed by atoms with Gasteiger partial charge < -0.3 is 14.8 Å². The fourth-order valence-electron chi connectivity index (χ4n) is 3.33. The molecule has 6 nitrogen and oxygen atoms in total. The smallest absolute Gasteiger partial charge is 0.266 e. The fourth-order valence-corrected chi connectivity index (χ4v) is 4.63. The van der Waals surface area contributed by atoms with Crippen LogP contribution in [0.4, 0.5) is 11.4 Å². The molecule has 128 valence electrons. The zero-order valence-corrected chi connectivity index (χ0v) is 14.6. The molecule has 1 atom stereocenters. The highest BCUT2D eigenvalue weighted by Crippen LogP contribution is 2.55. The molecular weight excluding hydrogens is 340 g/mol. The van der Waals surface area contributed by atoms with Crippen LogP contribution >= 0.6 is 11.8 Å². The van der Waals surface area contributed by atoms with Gasteiger partial charge in [0.05, 0.1) is 25.7 Å². The number of methoxy groups -OCH3 is 2. The number of rotatable bonds is 3. The highest BCUT2D eigenvalue weighted by Gasteiger charge is 2.58. The molecule has 0 aromatic heterocycles. The van der Waals surface area contributed by atoms with E-state index in [0.717, 1.165) is 11.3 Å². The van der Waals surface area contributed by atoms with Crippen LogP contribution in [0.1, 0.15) is 5.56 Å². The predicted molar refractivity (Wildman–Crippen MR) is 96.2 cm³/mol. The van der Waals surface area contributed by atoms with Crippen LogP contribution in [0.2, 0.25) is 0 Å². The van der Waals surface area contributed by atoms with Crippen LogP contribution in [-0.4, -0.2) is 31.8 Å². The van der Waals surface area contributed by atoms with E-state index in [2.05, 4.69) is 5.32 Å². The normalized spacial score (nSPS) is 21.4. The van der Waals surface area contributed by atoms with Crippen molar-refractivity contribution >= 4 is 35.0 Å². The summed E-state index contributed by atoms with van der Waals surface area (Å²) in [5, 5.41) is 2.89. The lowest BCUT2D eigenvalue weighted by Crippen LogP contribution is -2.47. The summed E-state index contributed by atoms with van der Waals surface area (Å²) in [5.74, 6) is 0.955. The Morgan fingerprint density at radius 1 is 1.12 bits per heavy atom. The molecule has 7 heteroatoms. The Bertz CT molecular complexity index is 885. The monoisotopic (exact) mass is 356 g/mol. The molecule has 25 heavy (non-hydrogen) atoms. The van der Waals surface area contributed by atoms with Gasteiger partial charge in [0.25, 0.3) is 5.91 Å². The molecule has 2 heterocycles. The van der Waals surface area contributed by atoms with Crippen molar-refractivity contribution in [1.29, 1.82) is 0 Å². The van der Waals surface area contributed by atoms with Crippen molar-refractivity contribution in [3.63, 3.8) is 0 Å². The second-order valence-corrected chi connectivity index (χ2v) is 6.87.